The van der Waals surface area contributed by atoms with Crippen LogP contribution in [0.2, 0.25) is 0 Å². The van der Waals surface area contributed by atoms with E-state index in [-0.39, 0.29) is 0 Å². The van der Waals surface area contributed by atoms with Crippen molar-refractivity contribution in [3.05, 3.63) is 23.8 Å². The minimum Gasteiger partial charge on any atom is -0.493 e. The number of methoxy groups -OCH3 is 1. The zero-order valence-electron chi connectivity index (χ0n) is 18.4. The first-order valence-corrected chi connectivity index (χ1v) is 11.3. The van der Waals surface area contributed by atoms with Crippen LogP contribution in [0.1, 0.15) is 51.5 Å². The van der Waals surface area contributed by atoms with Crippen LogP contribution >= 0.6 is 0 Å². The van der Waals surface area contributed by atoms with Gasteiger partial charge < -0.3 is 25.0 Å². The monoisotopic (exact) mass is 402 g/mol. The normalized spacial score (nSPS) is 18.5. The maximum absolute atomic E-state index is 5.68. The van der Waals surface area contributed by atoms with Crippen molar-refractivity contribution in [2.45, 2.75) is 64.5 Å². The third-order valence-corrected chi connectivity index (χ3v) is 5.70. The molecule has 6 heteroatoms. The van der Waals surface area contributed by atoms with Crippen molar-refractivity contribution >= 4 is 5.96 Å². The number of nitrogens with zero attached hydrogens (tertiary/aromatic N) is 2. The Kier molecular flexibility index (Phi) is 8.47. The zero-order valence-corrected chi connectivity index (χ0v) is 18.4. The molecular weight excluding hydrogens is 364 g/mol. The molecule has 1 aliphatic heterocycles. The van der Waals surface area contributed by atoms with Gasteiger partial charge in [-0.25, -0.2) is 0 Å². The van der Waals surface area contributed by atoms with Gasteiger partial charge in [-0.3, -0.25) is 4.99 Å². The van der Waals surface area contributed by atoms with Crippen LogP contribution in [0, 0.1) is 0 Å². The van der Waals surface area contributed by atoms with Crippen LogP contribution in [0.25, 0.3) is 0 Å². The lowest BCUT2D eigenvalue weighted by molar-refractivity contribution is 0.197. The second-order valence-electron chi connectivity index (χ2n) is 7.97. The number of piperidine rings is 1. The van der Waals surface area contributed by atoms with Gasteiger partial charge in [0.2, 0.25) is 0 Å². The number of benzene rings is 1. The largest absolute Gasteiger partial charge is 0.493 e. The average Bonchev–Trinajstić information content (AvgIpc) is 3.58. The lowest BCUT2D eigenvalue weighted by atomic mass is 10.1. The van der Waals surface area contributed by atoms with Gasteiger partial charge in [-0.15, -0.1) is 0 Å². The first-order valence-electron chi connectivity index (χ1n) is 11.3. The Hall–Kier alpha value is -1.95. The van der Waals surface area contributed by atoms with Crippen LogP contribution in [0.4, 0.5) is 0 Å². The lowest BCUT2D eigenvalue weighted by Gasteiger charge is -2.33. The molecule has 1 saturated carbocycles. The van der Waals surface area contributed by atoms with Gasteiger partial charge in [0.25, 0.3) is 0 Å². The molecule has 0 amide bonds. The predicted molar refractivity (Wildman–Crippen MR) is 119 cm³/mol. The van der Waals surface area contributed by atoms with Gasteiger partial charge >= 0.3 is 0 Å². The minimum absolute atomic E-state index is 0.540. The molecule has 1 aromatic rings. The highest BCUT2D eigenvalue weighted by atomic mass is 16.5. The number of guanidine groups is 1. The highest BCUT2D eigenvalue weighted by Gasteiger charge is 2.31. The Bertz CT molecular complexity index is 652. The number of hydrogen-bond acceptors (Lipinski definition) is 4. The minimum atomic E-state index is 0.540. The van der Waals surface area contributed by atoms with E-state index in [0.29, 0.717) is 12.6 Å². The standard InChI is InChI=1S/C23H38N4O2/c1-4-24-23(26-19-12-15-27(16-13-19)20-9-10-20)25-14-6-7-18-8-11-21(28-3)22(17-18)29-5-2/h8,11,17,19-20H,4-7,9-10,12-16H2,1-3H3,(H2,24,25,26). The molecule has 6 nitrogen and oxygen atoms in total. The van der Waals surface area contributed by atoms with Crippen molar-refractivity contribution in [2.75, 3.05) is 39.9 Å². The number of aliphatic imine (C=N–C) groups is 1. The van der Waals surface area contributed by atoms with Gasteiger partial charge in [-0.1, -0.05) is 6.07 Å². The summed E-state index contributed by atoms with van der Waals surface area (Å²) in [7, 11) is 1.68. The molecule has 3 rings (SSSR count). The van der Waals surface area contributed by atoms with E-state index in [0.717, 1.165) is 49.4 Å². The maximum atomic E-state index is 5.68. The van der Waals surface area contributed by atoms with E-state index in [1.165, 1.54) is 44.3 Å². The van der Waals surface area contributed by atoms with Crippen LogP contribution in [0.5, 0.6) is 11.5 Å². The lowest BCUT2D eigenvalue weighted by Crippen LogP contribution is -2.49. The van der Waals surface area contributed by atoms with Crippen molar-refractivity contribution in [3.8, 4) is 11.5 Å². The van der Waals surface area contributed by atoms with E-state index in [1.807, 2.05) is 13.0 Å². The van der Waals surface area contributed by atoms with Gasteiger partial charge in [0.1, 0.15) is 0 Å². The van der Waals surface area contributed by atoms with Gasteiger partial charge in [0, 0.05) is 38.3 Å². The molecule has 0 radical (unpaired) electrons. The fraction of sp³-hybridized carbons (Fsp3) is 0.696. The molecule has 1 aromatic carbocycles. The Labute approximate surface area is 176 Å². The topological polar surface area (TPSA) is 58.1 Å². The second kappa shape index (κ2) is 11.3. The molecule has 1 aliphatic carbocycles. The van der Waals surface area contributed by atoms with Crippen molar-refractivity contribution in [3.63, 3.8) is 0 Å². The fourth-order valence-corrected chi connectivity index (χ4v) is 3.98. The molecule has 2 aliphatic rings. The summed E-state index contributed by atoms with van der Waals surface area (Å²) in [6, 6.07) is 7.62. The van der Waals surface area contributed by atoms with Crippen LogP contribution in [-0.4, -0.2) is 62.8 Å². The molecular formula is C23H38N4O2. The summed E-state index contributed by atoms with van der Waals surface area (Å²) in [6.07, 6.45) is 7.23. The van der Waals surface area contributed by atoms with Gasteiger partial charge in [-0.2, -0.15) is 0 Å². The zero-order chi connectivity index (χ0) is 20.5. The van der Waals surface area contributed by atoms with Gasteiger partial charge in [0.05, 0.1) is 13.7 Å². The molecule has 2 N–H and O–H groups in total. The third-order valence-electron chi connectivity index (χ3n) is 5.70. The van der Waals surface area contributed by atoms with Crippen LogP contribution in [0.3, 0.4) is 0 Å². The third kappa shape index (κ3) is 6.81. The molecule has 0 aromatic heterocycles. The summed E-state index contributed by atoms with van der Waals surface area (Å²) in [5.74, 6) is 2.57. The summed E-state index contributed by atoms with van der Waals surface area (Å²) in [4.78, 5) is 7.47. The summed E-state index contributed by atoms with van der Waals surface area (Å²) < 4.78 is 11.0. The summed E-state index contributed by atoms with van der Waals surface area (Å²) in [5, 5.41) is 7.06. The van der Waals surface area contributed by atoms with Gasteiger partial charge in [-0.05, 0) is 70.1 Å². The molecule has 0 bridgehead atoms. The fourth-order valence-electron chi connectivity index (χ4n) is 3.98. The number of rotatable bonds is 10. The van der Waals surface area contributed by atoms with E-state index in [9.17, 15) is 0 Å². The molecule has 0 atom stereocenters. The van der Waals surface area contributed by atoms with Crippen LogP contribution in [-0.2, 0) is 6.42 Å². The molecule has 162 valence electrons. The first-order chi connectivity index (χ1) is 14.2. The summed E-state index contributed by atoms with van der Waals surface area (Å²) in [5.41, 5.74) is 1.26. The first kappa shape index (κ1) is 21.8. The highest BCUT2D eigenvalue weighted by molar-refractivity contribution is 5.80. The summed E-state index contributed by atoms with van der Waals surface area (Å²) >= 11 is 0. The Morgan fingerprint density at radius 3 is 2.59 bits per heavy atom. The number of hydrogen-bond donors (Lipinski definition) is 2. The van der Waals surface area contributed by atoms with Crippen LogP contribution < -0.4 is 20.1 Å². The molecule has 0 spiro atoms. The molecule has 29 heavy (non-hydrogen) atoms. The van der Waals surface area contributed by atoms with E-state index >= 15 is 0 Å². The van der Waals surface area contributed by atoms with E-state index < -0.39 is 0 Å². The smallest absolute Gasteiger partial charge is 0.191 e. The number of nitrogens with one attached hydrogen (secondary N) is 2. The number of ether oxygens (including phenoxy) is 2. The van der Waals surface area contributed by atoms with E-state index in [1.54, 1.807) is 7.11 Å². The molecule has 0 unspecified atom stereocenters. The Morgan fingerprint density at radius 2 is 1.93 bits per heavy atom. The number of likely N-dealkylation sites (tertiary alicyclic amines) is 1. The summed E-state index contributed by atoms with van der Waals surface area (Å²) in [6.45, 7) is 8.91. The quantitative estimate of drug-likeness (QED) is 0.358. The Morgan fingerprint density at radius 1 is 1.14 bits per heavy atom. The Balaban J connectivity index is 1.44. The maximum Gasteiger partial charge on any atom is 0.191 e. The van der Waals surface area contributed by atoms with Crippen LogP contribution in [0.15, 0.2) is 23.2 Å². The van der Waals surface area contributed by atoms with E-state index in [2.05, 4.69) is 34.6 Å². The highest BCUT2D eigenvalue weighted by Crippen LogP contribution is 2.29. The van der Waals surface area contributed by atoms with Crippen molar-refractivity contribution in [1.29, 1.82) is 0 Å². The molecule has 1 saturated heterocycles. The number of aryl methyl sites for hydroxylation is 1. The molecule has 2 fully saturated rings. The van der Waals surface area contributed by atoms with Crippen molar-refractivity contribution < 1.29 is 9.47 Å². The van der Waals surface area contributed by atoms with Crippen molar-refractivity contribution in [1.82, 2.24) is 15.5 Å². The average molecular weight is 403 g/mol. The predicted octanol–water partition coefficient (Wildman–Crippen LogP) is 3.21. The second-order valence-corrected chi connectivity index (χ2v) is 7.97. The SMILES string of the molecule is CCNC(=NCCCc1ccc(OC)c(OCC)c1)NC1CCN(C2CC2)CC1. The van der Waals surface area contributed by atoms with Gasteiger partial charge in [0.15, 0.2) is 17.5 Å². The van der Waals surface area contributed by atoms with Crippen molar-refractivity contribution in [2.24, 2.45) is 4.99 Å². The molecule has 1 heterocycles. The van der Waals surface area contributed by atoms with E-state index in [4.69, 9.17) is 14.5 Å².